The molecule has 0 aliphatic carbocycles. The van der Waals surface area contributed by atoms with Crippen molar-refractivity contribution in [1.29, 1.82) is 0 Å². The Balaban J connectivity index is 2.05. The number of ketones is 1. The predicted octanol–water partition coefficient (Wildman–Crippen LogP) is 3.47. The normalized spacial score (nSPS) is 44.5. The van der Waals surface area contributed by atoms with E-state index in [-0.39, 0.29) is 23.7 Å². The number of aliphatic hydroxyl groups is 2. The van der Waals surface area contributed by atoms with Crippen molar-refractivity contribution in [2.75, 3.05) is 0 Å². The fraction of sp³-hybridized carbons (Fsp3) is 0.769. The van der Waals surface area contributed by atoms with Gasteiger partial charge in [-0.3, -0.25) is 4.79 Å². The number of carbonyl (C=O) groups is 2. The van der Waals surface area contributed by atoms with Crippen LogP contribution in [0.4, 0.5) is 0 Å². The third kappa shape index (κ3) is 4.97. The van der Waals surface area contributed by atoms with Crippen LogP contribution in [0.2, 0.25) is 0 Å². The predicted molar refractivity (Wildman–Crippen MR) is 123 cm³/mol. The molecule has 0 radical (unpaired) electrons. The zero-order valence-electron chi connectivity index (χ0n) is 21.0. The van der Waals surface area contributed by atoms with Crippen LogP contribution in [0, 0.1) is 17.3 Å². The number of Topliss-reactive ketones (excluding diaryl/α,β-unsaturated/α-hetero) is 1. The topological polar surface area (TPSA) is 102 Å². The second kappa shape index (κ2) is 9.25. The van der Waals surface area contributed by atoms with Crippen molar-refractivity contribution in [2.45, 2.75) is 110 Å². The summed E-state index contributed by atoms with van der Waals surface area (Å²) < 4.78 is 18.0. The van der Waals surface area contributed by atoms with Gasteiger partial charge in [-0.1, -0.05) is 52.3 Å². The molecule has 2 fully saturated rings. The molecule has 0 spiro atoms. The maximum atomic E-state index is 13.2. The highest BCUT2D eigenvalue weighted by Gasteiger charge is 2.62. The lowest BCUT2D eigenvalue weighted by Crippen LogP contribution is -2.68. The Labute approximate surface area is 197 Å². The Morgan fingerprint density at radius 2 is 1.94 bits per heavy atom. The first-order valence-electron chi connectivity index (χ1n) is 12.1. The highest BCUT2D eigenvalue weighted by atomic mass is 16.7. The fourth-order valence-corrected chi connectivity index (χ4v) is 5.18. The maximum Gasteiger partial charge on any atom is 0.331 e. The van der Waals surface area contributed by atoms with Gasteiger partial charge in [-0.25, -0.2) is 4.79 Å². The third-order valence-electron chi connectivity index (χ3n) is 7.70. The van der Waals surface area contributed by atoms with Gasteiger partial charge in [0.25, 0.3) is 0 Å². The first-order chi connectivity index (χ1) is 15.2. The molecule has 2 N–H and O–H groups in total. The van der Waals surface area contributed by atoms with E-state index in [1.165, 1.54) is 6.08 Å². The number of fused-ring (bicyclic) bond motifs is 4. The summed E-state index contributed by atoms with van der Waals surface area (Å²) in [6.45, 7) is 13.2. The Bertz CT molecular complexity index is 830. The van der Waals surface area contributed by atoms with Gasteiger partial charge in [-0.05, 0) is 39.5 Å². The van der Waals surface area contributed by atoms with Crippen molar-refractivity contribution in [1.82, 2.24) is 0 Å². The lowest BCUT2D eigenvalue weighted by Gasteiger charge is -2.51. The number of allylic oxidation sites excluding steroid dienone is 2. The van der Waals surface area contributed by atoms with E-state index in [1.807, 2.05) is 39.8 Å². The second-order valence-electron chi connectivity index (χ2n) is 11.0. The maximum absolute atomic E-state index is 13.2. The van der Waals surface area contributed by atoms with Gasteiger partial charge in [0.2, 0.25) is 5.79 Å². The van der Waals surface area contributed by atoms with E-state index in [2.05, 4.69) is 0 Å². The molecule has 3 heterocycles. The van der Waals surface area contributed by atoms with E-state index in [0.717, 1.165) is 5.57 Å². The second-order valence-corrected chi connectivity index (χ2v) is 11.0. The van der Waals surface area contributed by atoms with Crippen LogP contribution < -0.4 is 0 Å². The number of rotatable bonds is 3. The fourth-order valence-electron chi connectivity index (χ4n) is 5.18. The molecule has 0 aromatic carbocycles. The van der Waals surface area contributed by atoms with Crippen molar-refractivity contribution in [3.63, 3.8) is 0 Å². The summed E-state index contributed by atoms with van der Waals surface area (Å²) in [6.07, 6.45) is 3.52. The minimum Gasteiger partial charge on any atom is -0.453 e. The van der Waals surface area contributed by atoms with E-state index < -0.39 is 47.5 Å². The zero-order valence-corrected chi connectivity index (χ0v) is 21.0. The molecule has 3 rings (SSSR count). The van der Waals surface area contributed by atoms with Gasteiger partial charge < -0.3 is 24.4 Å². The van der Waals surface area contributed by atoms with Crippen LogP contribution in [0.25, 0.3) is 0 Å². The SMILES string of the molecule is CC/C(C)=C/C(=O)O[C@@H]1[C@H](C)C[C@H]2O[C@@]1(O)[C@@H](O)[C@]1(C)CC[C@@H](O1)C(C)(C)/C=C/[C@H](C)C2=O. The molecule has 0 amide bonds. The molecule has 0 aromatic heterocycles. The molecule has 0 saturated carbocycles. The summed E-state index contributed by atoms with van der Waals surface area (Å²) in [7, 11) is 0. The number of hydrogen-bond donors (Lipinski definition) is 2. The first-order valence-corrected chi connectivity index (χ1v) is 12.1. The van der Waals surface area contributed by atoms with Crippen LogP contribution in [0.3, 0.4) is 0 Å². The number of esters is 1. The summed E-state index contributed by atoms with van der Waals surface area (Å²) in [5.74, 6) is -3.95. The van der Waals surface area contributed by atoms with Crippen LogP contribution in [-0.2, 0) is 23.8 Å². The Kier molecular flexibility index (Phi) is 7.31. The summed E-state index contributed by atoms with van der Waals surface area (Å²) in [5.41, 5.74) is -0.675. The van der Waals surface area contributed by atoms with E-state index in [4.69, 9.17) is 14.2 Å². The van der Waals surface area contributed by atoms with Crippen LogP contribution in [0.1, 0.15) is 74.1 Å². The van der Waals surface area contributed by atoms with Crippen LogP contribution >= 0.6 is 0 Å². The van der Waals surface area contributed by atoms with Gasteiger partial charge in [0, 0.05) is 23.3 Å². The number of carbonyl (C=O) groups excluding carboxylic acids is 2. The minimum absolute atomic E-state index is 0.176. The highest BCUT2D eigenvalue weighted by molar-refractivity contribution is 5.87. The smallest absolute Gasteiger partial charge is 0.331 e. The van der Waals surface area contributed by atoms with Gasteiger partial charge in [-0.2, -0.15) is 0 Å². The average molecular weight is 465 g/mol. The van der Waals surface area contributed by atoms with Gasteiger partial charge in [0.15, 0.2) is 11.9 Å². The molecule has 186 valence electrons. The summed E-state index contributed by atoms with van der Waals surface area (Å²) in [6, 6.07) is 0. The van der Waals surface area contributed by atoms with Crippen molar-refractivity contribution in [2.24, 2.45) is 17.3 Å². The summed E-state index contributed by atoms with van der Waals surface area (Å²) in [4.78, 5) is 25.8. The van der Waals surface area contributed by atoms with Crippen molar-refractivity contribution in [3.8, 4) is 0 Å². The summed E-state index contributed by atoms with van der Waals surface area (Å²) in [5, 5.41) is 23.3. The molecule has 8 atom stereocenters. The quantitative estimate of drug-likeness (QED) is 0.375. The Morgan fingerprint density at radius 3 is 2.58 bits per heavy atom. The van der Waals surface area contributed by atoms with E-state index >= 15 is 0 Å². The van der Waals surface area contributed by atoms with Gasteiger partial charge >= 0.3 is 5.97 Å². The first kappa shape index (κ1) is 26.1. The van der Waals surface area contributed by atoms with Gasteiger partial charge in [0.05, 0.1) is 11.7 Å². The molecular formula is C26H40O7. The van der Waals surface area contributed by atoms with Crippen LogP contribution in [0.15, 0.2) is 23.8 Å². The Hall–Kier alpha value is -1.54. The molecule has 3 aliphatic heterocycles. The number of hydrogen-bond acceptors (Lipinski definition) is 7. The number of ether oxygens (including phenoxy) is 3. The van der Waals surface area contributed by atoms with Gasteiger partial charge in [0.1, 0.15) is 12.2 Å². The molecule has 2 saturated heterocycles. The van der Waals surface area contributed by atoms with Crippen molar-refractivity contribution >= 4 is 11.8 Å². The highest BCUT2D eigenvalue weighted by Crippen LogP contribution is 2.48. The molecular weight excluding hydrogens is 424 g/mol. The monoisotopic (exact) mass is 464 g/mol. The zero-order chi connectivity index (χ0) is 24.8. The van der Waals surface area contributed by atoms with Crippen molar-refractivity contribution < 1.29 is 34.0 Å². The van der Waals surface area contributed by atoms with E-state index in [1.54, 1.807) is 20.8 Å². The van der Waals surface area contributed by atoms with Gasteiger partial charge in [-0.15, -0.1) is 0 Å². The molecule has 3 aliphatic rings. The lowest BCUT2D eigenvalue weighted by atomic mass is 9.78. The minimum atomic E-state index is -2.29. The van der Waals surface area contributed by atoms with Crippen LogP contribution in [0.5, 0.6) is 0 Å². The van der Waals surface area contributed by atoms with Crippen LogP contribution in [-0.4, -0.2) is 57.8 Å². The van der Waals surface area contributed by atoms with E-state index in [0.29, 0.717) is 19.3 Å². The molecule has 0 unspecified atom stereocenters. The molecule has 7 nitrogen and oxygen atoms in total. The molecule has 4 bridgehead atoms. The van der Waals surface area contributed by atoms with Crippen molar-refractivity contribution in [3.05, 3.63) is 23.8 Å². The largest absolute Gasteiger partial charge is 0.453 e. The molecule has 0 aromatic rings. The molecule has 33 heavy (non-hydrogen) atoms. The molecule has 7 heteroatoms. The lowest BCUT2D eigenvalue weighted by molar-refractivity contribution is -0.363. The summed E-state index contributed by atoms with van der Waals surface area (Å²) >= 11 is 0. The van der Waals surface area contributed by atoms with E-state index in [9.17, 15) is 19.8 Å². The average Bonchev–Trinajstić information content (AvgIpc) is 3.17. The number of aliphatic hydroxyl groups excluding tert-OH is 1. The third-order valence-corrected chi connectivity index (χ3v) is 7.70. The Morgan fingerprint density at radius 1 is 1.27 bits per heavy atom. The standard InChI is InChI=1S/C26H40O7/c1-8-15(2)13-20(27)31-22-17(4)14-18-21(28)16(3)9-11-24(5,6)19-10-12-25(7,33-19)23(29)26(22,30)32-18/h9,11,13,16-19,22-23,29-30H,8,10,12,14H2,1-7H3/b11-9+,15-13+/t16-,17+,18+,19+,22+,23-,25-,26+/m0/s1.